The molecule has 0 unspecified atom stereocenters. The minimum Gasteiger partial charge on any atom is -0.298 e. The summed E-state index contributed by atoms with van der Waals surface area (Å²) in [5.74, 6) is 1.73. The molecular formula is C16H41N. The summed E-state index contributed by atoms with van der Waals surface area (Å²) >= 11 is 0. The van der Waals surface area contributed by atoms with Crippen LogP contribution in [0.3, 0.4) is 0 Å². The number of hydrogen-bond acceptors (Lipinski definition) is 1. The minimum absolute atomic E-state index is 0. The standard InChI is InChI=1S/C10H21N.2C2H6.2CH4/c1-6-11-9(4)7(2)8(3)10(11)5;2*1-2;;/h7-10H,6H2,1-5H3;2*1-2H3;2*1H4/t7-,8+,9-,10+;;;;. The monoisotopic (exact) mass is 247 g/mol. The van der Waals surface area contributed by atoms with Crippen molar-refractivity contribution in [2.75, 3.05) is 6.54 Å². The maximum absolute atomic E-state index is 2.61. The molecule has 0 aliphatic carbocycles. The van der Waals surface area contributed by atoms with Crippen molar-refractivity contribution in [2.24, 2.45) is 11.8 Å². The lowest BCUT2D eigenvalue weighted by Gasteiger charge is -2.25. The van der Waals surface area contributed by atoms with Crippen molar-refractivity contribution in [3.8, 4) is 0 Å². The Labute approximate surface area is 113 Å². The SMILES string of the molecule is C.C.CC.CC.CCN1[C@H](C)[C@H](C)[C@H](C)[C@@H]1C. The summed E-state index contributed by atoms with van der Waals surface area (Å²) in [4.78, 5) is 2.61. The maximum Gasteiger partial charge on any atom is 0.00984 e. The Hall–Kier alpha value is -0.0400. The van der Waals surface area contributed by atoms with E-state index in [2.05, 4.69) is 39.5 Å². The number of likely N-dealkylation sites (tertiary alicyclic amines) is 1. The van der Waals surface area contributed by atoms with Crippen LogP contribution in [0.4, 0.5) is 0 Å². The molecule has 1 aliphatic heterocycles. The zero-order valence-corrected chi connectivity index (χ0v) is 12.5. The van der Waals surface area contributed by atoms with Crippen LogP contribution < -0.4 is 0 Å². The van der Waals surface area contributed by atoms with Crippen LogP contribution in [-0.4, -0.2) is 23.5 Å². The van der Waals surface area contributed by atoms with Crippen molar-refractivity contribution in [3.63, 3.8) is 0 Å². The third kappa shape index (κ3) is 6.45. The van der Waals surface area contributed by atoms with Crippen LogP contribution in [0.5, 0.6) is 0 Å². The van der Waals surface area contributed by atoms with Gasteiger partial charge in [-0.1, -0.05) is 63.3 Å². The smallest absolute Gasteiger partial charge is 0.00984 e. The van der Waals surface area contributed by atoms with Gasteiger partial charge in [0.05, 0.1) is 0 Å². The van der Waals surface area contributed by atoms with E-state index in [4.69, 9.17) is 0 Å². The van der Waals surface area contributed by atoms with Gasteiger partial charge in [0, 0.05) is 12.1 Å². The summed E-state index contributed by atoms with van der Waals surface area (Å²) in [5, 5.41) is 0. The number of nitrogens with zero attached hydrogens (tertiary/aromatic N) is 1. The Morgan fingerprint density at radius 3 is 1.06 bits per heavy atom. The van der Waals surface area contributed by atoms with Crippen molar-refractivity contribution in [1.82, 2.24) is 4.90 Å². The summed E-state index contributed by atoms with van der Waals surface area (Å²) in [5.41, 5.74) is 0. The molecule has 0 saturated carbocycles. The quantitative estimate of drug-likeness (QED) is 0.575. The molecule has 1 nitrogen and oxygen atoms in total. The van der Waals surface area contributed by atoms with E-state index in [1.165, 1.54) is 6.54 Å². The van der Waals surface area contributed by atoms with Crippen molar-refractivity contribution in [2.45, 2.75) is 89.3 Å². The molecule has 0 N–H and O–H groups in total. The topological polar surface area (TPSA) is 3.24 Å². The van der Waals surface area contributed by atoms with E-state index in [1.54, 1.807) is 0 Å². The lowest BCUT2D eigenvalue weighted by molar-refractivity contribution is 0.209. The first-order chi connectivity index (χ1) is 7.09. The highest BCUT2D eigenvalue weighted by molar-refractivity contribution is 4.91. The largest absolute Gasteiger partial charge is 0.298 e. The van der Waals surface area contributed by atoms with Gasteiger partial charge in [0.15, 0.2) is 0 Å². The lowest BCUT2D eigenvalue weighted by Crippen LogP contribution is -2.34. The highest BCUT2D eigenvalue weighted by Gasteiger charge is 2.37. The van der Waals surface area contributed by atoms with Crippen LogP contribution >= 0.6 is 0 Å². The molecule has 1 heteroatoms. The van der Waals surface area contributed by atoms with Gasteiger partial charge in [-0.25, -0.2) is 0 Å². The zero-order chi connectivity index (χ0) is 12.6. The molecule has 0 aromatic carbocycles. The first-order valence-electron chi connectivity index (χ1n) is 6.85. The van der Waals surface area contributed by atoms with E-state index < -0.39 is 0 Å². The summed E-state index contributed by atoms with van der Waals surface area (Å²) in [7, 11) is 0. The van der Waals surface area contributed by atoms with Crippen molar-refractivity contribution in [3.05, 3.63) is 0 Å². The Kier molecular flexibility index (Phi) is 21.2. The first-order valence-corrected chi connectivity index (χ1v) is 6.85. The molecule has 1 rings (SSSR count). The normalized spacial score (nSPS) is 30.9. The predicted octanol–water partition coefficient (Wildman–Crippen LogP) is 5.70. The van der Waals surface area contributed by atoms with Crippen LogP contribution in [0, 0.1) is 11.8 Å². The van der Waals surface area contributed by atoms with E-state index in [0.29, 0.717) is 0 Å². The first kappa shape index (κ1) is 25.7. The summed E-state index contributed by atoms with van der Waals surface area (Å²) in [6.07, 6.45) is 0. The van der Waals surface area contributed by atoms with Crippen LogP contribution in [0.15, 0.2) is 0 Å². The Morgan fingerprint density at radius 1 is 0.706 bits per heavy atom. The summed E-state index contributed by atoms with van der Waals surface area (Å²) in [6, 6.07) is 1.56. The predicted molar refractivity (Wildman–Crippen MR) is 85.8 cm³/mol. The van der Waals surface area contributed by atoms with E-state index in [0.717, 1.165) is 23.9 Å². The van der Waals surface area contributed by atoms with Crippen molar-refractivity contribution < 1.29 is 0 Å². The molecule has 0 spiro atoms. The average Bonchev–Trinajstić information content (AvgIpc) is 2.49. The van der Waals surface area contributed by atoms with Crippen LogP contribution in [0.2, 0.25) is 0 Å². The van der Waals surface area contributed by atoms with Gasteiger partial charge in [-0.3, -0.25) is 4.90 Å². The number of rotatable bonds is 1. The zero-order valence-electron chi connectivity index (χ0n) is 12.5. The minimum atomic E-state index is 0. The van der Waals surface area contributed by atoms with E-state index in [9.17, 15) is 0 Å². The average molecular weight is 248 g/mol. The molecule has 1 heterocycles. The van der Waals surface area contributed by atoms with Crippen LogP contribution in [0.1, 0.15) is 77.2 Å². The molecule has 0 bridgehead atoms. The summed E-state index contributed by atoms with van der Waals surface area (Å²) < 4.78 is 0. The molecule has 0 amide bonds. The van der Waals surface area contributed by atoms with Gasteiger partial charge in [0.1, 0.15) is 0 Å². The van der Waals surface area contributed by atoms with Gasteiger partial charge in [-0.2, -0.15) is 0 Å². The van der Waals surface area contributed by atoms with Crippen molar-refractivity contribution >= 4 is 0 Å². The highest BCUT2D eigenvalue weighted by Crippen LogP contribution is 2.33. The molecule has 4 atom stereocenters. The molecule has 0 radical (unpaired) electrons. The molecule has 17 heavy (non-hydrogen) atoms. The maximum atomic E-state index is 2.61. The third-order valence-corrected chi connectivity index (χ3v) is 3.76. The van der Waals surface area contributed by atoms with E-state index >= 15 is 0 Å². The molecule has 0 aromatic heterocycles. The second-order valence-electron chi connectivity index (χ2n) is 4.03. The fourth-order valence-corrected chi connectivity index (χ4v) is 2.43. The van der Waals surface area contributed by atoms with Crippen LogP contribution in [0.25, 0.3) is 0 Å². The molecule has 1 fully saturated rings. The Bertz CT molecular complexity index is 119. The molecule has 1 aliphatic rings. The molecular weight excluding hydrogens is 206 g/mol. The molecule has 110 valence electrons. The highest BCUT2D eigenvalue weighted by atomic mass is 15.2. The van der Waals surface area contributed by atoms with Gasteiger partial charge >= 0.3 is 0 Å². The van der Waals surface area contributed by atoms with Crippen LogP contribution in [-0.2, 0) is 0 Å². The van der Waals surface area contributed by atoms with E-state index in [-0.39, 0.29) is 14.9 Å². The summed E-state index contributed by atoms with van der Waals surface area (Å²) in [6.45, 7) is 20.9. The van der Waals surface area contributed by atoms with Gasteiger partial charge in [0.25, 0.3) is 0 Å². The van der Waals surface area contributed by atoms with Gasteiger partial charge in [-0.15, -0.1) is 0 Å². The lowest BCUT2D eigenvalue weighted by atomic mass is 9.92. The Morgan fingerprint density at radius 2 is 0.941 bits per heavy atom. The number of hydrogen-bond donors (Lipinski definition) is 0. The second-order valence-corrected chi connectivity index (χ2v) is 4.03. The van der Waals surface area contributed by atoms with E-state index in [1.807, 2.05) is 27.7 Å². The Balaban J connectivity index is -0.000000128. The molecule has 1 saturated heterocycles. The fourth-order valence-electron chi connectivity index (χ4n) is 2.43. The second kappa shape index (κ2) is 14.0. The van der Waals surface area contributed by atoms with Gasteiger partial charge in [-0.05, 0) is 32.2 Å². The van der Waals surface area contributed by atoms with Gasteiger partial charge < -0.3 is 0 Å². The van der Waals surface area contributed by atoms with Gasteiger partial charge in [0.2, 0.25) is 0 Å². The van der Waals surface area contributed by atoms with Crippen molar-refractivity contribution in [1.29, 1.82) is 0 Å². The fraction of sp³-hybridized carbons (Fsp3) is 1.00. The molecule has 0 aromatic rings. The third-order valence-electron chi connectivity index (χ3n) is 3.76.